The van der Waals surface area contributed by atoms with E-state index < -0.39 is 5.82 Å². The summed E-state index contributed by atoms with van der Waals surface area (Å²) in [7, 11) is 0. The summed E-state index contributed by atoms with van der Waals surface area (Å²) >= 11 is 4.48. The van der Waals surface area contributed by atoms with E-state index in [9.17, 15) is 9.18 Å². The van der Waals surface area contributed by atoms with Gasteiger partial charge in [-0.05, 0) is 24.1 Å². The number of hydrogen-bond acceptors (Lipinski definition) is 4. The zero-order valence-electron chi connectivity index (χ0n) is 15.5. The first-order chi connectivity index (χ1) is 13.4. The summed E-state index contributed by atoms with van der Waals surface area (Å²) in [5.41, 5.74) is 1.13. The summed E-state index contributed by atoms with van der Waals surface area (Å²) in [5.74, 6) is 0.494. The molecule has 1 N–H and O–H groups in total. The van der Waals surface area contributed by atoms with Crippen LogP contribution in [0.5, 0.6) is 0 Å². The van der Waals surface area contributed by atoms with Crippen LogP contribution < -0.4 is 5.32 Å². The molecule has 0 aliphatic rings. The van der Waals surface area contributed by atoms with Crippen molar-refractivity contribution in [3.05, 3.63) is 58.8 Å². The van der Waals surface area contributed by atoms with Gasteiger partial charge in [0.1, 0.15) is 5.82 Å². The van der Waals surface area contributed by atoms with Gasteiger partial charge in [-0.1, -0.05) is 71.9 Å². The molecule has 0 saturated heterocycles. The third kappa shape index (κ3) is 5.20. The smallest absolute Gasteiger partial charge is 0.234 e. The number of thioether (sulfide) groups is 1. The van der Waals surface area contributed by atoms with E-state index in [1.54, 1.807) is 6.07 Å². The Bertz CT molecular complexity index is 962. The van der Waals surface area contributed by atoms with Gasteiger partial charge in [-0.3, -0.25) is 4.79 Å². The number of carbonyl (C=O) groups is 1. The lowest BCUT2D eigenvalue weighted by Crippen LogP contribution is -2.16. The predicted molar refractivity (Wildman–Crippen MR) is 114 cm³/mol. The van der Waals surface area contributed by atoms with Crippen LogP contribution in [0.1, 0.15) is 13.8 Å². The van der Waals surface area contributed by atoms with Crippen LogP contribution in [0.15, 0.2) is 58.2 Å². The number of halogens is 2. The highest BCUT2D eigenvalue weighted by Gasteiger charge is 2.17. The third-order valence-corrected chi connectivity index (χ3v) is 5.29. The quantitative estimate of drug-likeness (QED) is 0.488. The molecule has 146 valence electrons. The molecular formula is C20H20BrFN4OS. The van der Waals surface area contributed by atoms with Crippen molar-refractivity contribution in [2.75, 3.05) is 11.1 Å². The summed E-state index contributed by atoms with van der Waals surface area (Å²) in [5, 5.41) is 11.8. The molecule has 3 aromatic rings. The van der Waals surface area contributed by atoms with Gasteiger partial charge in [0.2, 0.25) is 5.91 Å². The van der Waals surface area contributed by atoms with Crippen LogP contribution in [0.25, 0.3) is 11.4 Å². The number of amides is 1. The topological polar surface area (TPSA) is 59.8 Å². The van der Waals surface area contributed by atoms with E-state index in [0.717, 1.165) is 17.9 Å². The van der Waals surface area contributed by atoms with Crippen LogP contribution >= 0.6 is 27.7 Å². The van der Waals surface area contributed by atoms with E-state index in [2.05, 4.69) is 45.3 Å². The highest BCUT2D eigenvalue weighted by molar-refractivity contribution is 9.10. The Hall–Kier alpha value is -2.19. The molecular weight excluding hydrogens is 443 g/mol. The van der Waals surface area contributed by atoms with Crippen molar-refractivity contribution in [3.8, 4) is 11.4 Å². The first-order valence-electron chi connectivity index (χ1n) is 8.80. The number of anilines is 1. The Morgan fingerprint density at radius 1 is 1.21 bits per heavy atom. The van der Waals surface area contributed by atoms with Crippen molar-refractivity contribution >= 4 is 39.3 Å². The largest absolute Gasteiger partial charge is 0.323 e. The molecule has 5 nitrogen and oxygen atoms in total. The first kappa shape index (κ1) is 20.5. The molecule has 0 radical (unpaired) electrons. The molecule has 0 unspecified atom stereocenters. The molecule has 0 aliphatic heterocycles. The lowest BCUT2D eigenvalue weighted by atomic mass is 10.2. The van der Waals surface area contributed by atoms with Crippen molar-refractivity contribution in [1.29, 1.82) is 0 Å². The van der Waals surface area contributed by atoms with E-state index >= 15 is 0 Å². The second-order valence-electron chi connectivity index (χ2n) is 6.64. The normalized spacial score (nSPS) is 11.0. The van der Waals surface area contributed by atoms with Gasteiger partial charge in [-0.15, -0.1) is 10.2 Å². The van der Waals surface area contributed by atoms with Crippen LogP contribution in [0.4, 0.5) is 10.1 Å². The summed E-state index contributed by atoms with van der Waals surface area (Å²) in [4.78, 5) is 12.3. The summed E-state index contributed by atoms with van der Waals surface area (Å²) in [6.07, 6.45) is 0. The number of benzene rings is 2. The number of carbonyl (C=O) groups excluding carboxylic acids is 1. The average Bonchev–Trinajstić information content (AvgIpc) is 3.05. The monoisotopic (exact) mass is 462 g/mol. The lowest BCUT2D eigenvalue weighted by molar-refractivity contribution is -0.113. The number of nitrogens with one attached hydrogen (secondary N) is 1. The number of aromatic nitrogens is 3. The van der Waals surface area contributed by atoms with Crippen LogP contribution in [0.3, 0.4) is 0 Å². The standard InChI is InChI=1S/C20H20BrFN4OS/c1-13(2)11-26-19(14-6-4-3-5-7-14)24-25-20(26)28-12-18(27)23-17-9-8-15(21)10-16(17)22/h3-10,13H,11-12H2,1-2H3,(H,23,27). The van der Waals surface area contributed by atoms with E-state index in [-0.39, 0.29) is 17.3 Å². The molecule has 0 fully saturated rings. The Morgan fingerprint density at radius 3 is 2.64 bits per heavy atom. The Morgan fingerprint density at radius 2 is 1.96 bits per heavy atom. The fraction of sp³-hybridized carbons (Fsp3) is 0.250. The Labute approximate surface area is 175 Å². The second-order valence-corrected chi connectivity index (χ2v) is 8.50. The molecule has 1 aromatic heterocycles. The van der Waals surface area contributed by atoms with E-state index in [1.165, 1.54) is 23.9 Å². The molecule has 28 heavy (non-hydrogen) atoms. The SMILES string of the molecule is CC(C)Cn1c(SCC(=O)Nc2ccc(Br)cc2F)nnc1-c1ccccc1. The molecule has 0 saturated carbocycles. The number of nitrogens with zero attached hydrogens (tertiary/aromatic N) is 3. The fourth-order valence-electron chi connectivity index (χ4n) is 2.63. The predicted octanol–water partition coefficient (Wildman–Crippen LogP) is 5.23. The number of rotatable bonds is 7. The van der Waals surface area contributed by atoms with E-state index in [4.69, 9.17) is 0 Å². The highest BCUT2D eigenvalue weighted by atomic mass is 79.9. The maximum atomic E-state index is 13.9. The zero-order valence-corrected chi connectivity index (χ0v) is 17.9. The highest BCUT2D eigenvalue weighted by Crippen LogP contribution is 2.25. The molecule has 0 atom stereocenters. The van der Waals surface area contributed by atoms with Gasteiger partial charge in [0, 0.05) is 16.6 Å². The zero-order chi connectivity index (χ0) is 20.1. The minimum atomic E-state index is -0.484. The van der Waals surface area contributed by atoms with E-state index in [1.807, 2.05) is 34.9 Å². The van der Waals surface area contributed by atoms with Crippen LogP contribution in [-0.4, -0.2) is 26.4 Å². The van der Waals surface area contributed by atoms with Gasteiger partial charge in [0.05, 0.1) is 11.4 Å². The second kappa shape index (κ2) is 9.34. The molecule has 3 rings (SSSR count). The van der Waals surface area contributed by atoms with E-state index in [0.29, 0.717) is 15.5 Å². The number of hydrogen-bond donors (Lipinski definition) is 1. The summed E-state index contributed by atoms with van der Waals surface area (Å²) in [6, 6.07) is 14.3. The van der Waals surface area contributed by atoms with Crippen LogP contribution in [0.2, 0.25) is 0 Å². The summed E-state index contributed by atoms with van der Waals surface area (Å²) < 4.78 is 16.5. The Kier molecular flexibility index (Phi) is 6.85. The third-order valence-electron chi connectivity index (χ3n) is 3.83. The van der Waals surface area contributed by atoms with Crippen molar-refractivity contribution in [2.45, 2.75) is 25.5 Å². The maximum absolute atomic E-state index is 13.9. The summed E-state index contributed by atoms with van der Waals surface area (Å²) in [6.45, 7) is 4.97. The molecule has 1 heterocycles. The van der Waals surface area contributed by atoms with Gasteiger partial charge >= 0.3 is 0 Å². The van der Waals surface area contributed by atoms with Crippen molar-refractivity contribution in [1.82, 2.24) is 14.8 Å². The van der Waals surface area contributed by atoms with Gasteiger partial charge < -0.3 is 9.88 Å². The minimum absolute atomic E-state index is 0.112. The minimum Gasteiger partial charge on any atom is -0.323 e. The van der Waals surface area contributed by atoms with Gasteiger partial charge in [0.25, 0.3) is 0 Å². The molecule has 2 aromatic carbocycles. The van der Waals surface area contributed by atoms with Crippen molar-refractivity contribution < 1.29 is 9.18 Å². The molecule has 0 bridgehead atoms. The van der Waals surface area contributed by atoms with Gasteiger partial charge in [-0.25, -0.2) is 4.39 Å². The molecule has 0 spiro atoms. The van der Waals surface area contributed by atoms with Crippen LogP contribution in [-0.2, 0) is 11.3 Å². The molecule has 1 amide bonds. The fourth-order valence-corrected chi connectivity index (χ4v) is 3.71. The molecule has 0 aliphatic carbocycles. The van der Waals surface area contributed by atoms with Crippen molar-refractivity contribution in [3.63, 3.8) is 0 Å². The molecule has 8 heteroatoms. The van der Waals surface area contributed by atoms with Gasteiger partial charge in [0.15, 0.2) is 11.0 Å². The lowest BCUT2D eigenvalue weighted by Gasteiger charge is -2.12. The Balaban J connectivity index is 1.73. The van der Waals surface area contributed by atoms with Crippen molar-refractivity contribution in [2.24, 2.45) is 5.92 Å². The first-order valence-corrected chi connectivity index (χ1v) is 10.6. The van der Waals surface area contributed by atoms with Crippen LogP contribution in [0, 0.1) is 11.7 Å². The van der Waals surface area contributed by atoms with Gasteiger partial charge in [-0.2, -0.15) is 0 Å². The average molecular weight is 463 g/mol. The maximum Gasteiger partial charge on any atom is 0.234 e.